The number of hydrogen-bond donors (Lipinski definition) is 0. The minimum absolute atomic E-state index is 0.891. The minimum Gasteiger partial charge on any atom is -0.120 e. The van der Waals surface area contributed by atoms with Gasteiger partial charge in [-0.1, -0.05) is 31.2 Å². The molecule has 0 radical (unpaired) electrons. The van der Waals surface area contributed by atoms with Gasteiger partial charge >= 0.3 is 0 Å². The van der Waals surface area contributed by atoms with Gasteiger partial charge in [-0.05, 0) is 19.3 Å². The summed E-state index contributed by atoms with van der Waals surface area (Å²) in [5.74, 6) is 2.62. The third-order valence-corrected chi connectivity index (χ3v) is 1.31. The molecule has 0 heterocycles. The molecule has 0 amide bonds. The van der Waals surface area contributed by atoms with Crippen molar-refractivity contribution < 1.29 is 0 Å². The maximum absolute atomic E-state index is 5.10. The van der Waals surface area contributed by atoms with Gasteiger partial charge in [-0.3, -0.25) is 0 Å². The van der Waals surface area contributed by atoms with Crippen molar-refractivity contribution in [3.63, 3.8) is 0 Å². The molecule has 0 nitrogen and oxygen atoms in total. The molecular weight excluding hydrogens is 132 g/mol. The van der Waals surface area contributed by atoms with Gasteiger partial charge < -0.3 is 0 Å². The largest absolute Gasteiger partial charge is 0.120 e. The van der Waals surface area contributed by atoms with Gasteiger partial charge in [0.2, 0.25) is 0 Å². The average molecular weight is 148 g/mol. The lowest BCUT2D eigenvalue weighted by Crippen LogP contribution is -1.67. The number of terminal acetylenes is 1. The molecule has 0 rings (SSSR count). The molecule has 60 valence electrons. The van der Waals surface area contributed by atoms with E-state index in [1.165, 1.54) is 0 Å². The van der Waals surface area contributed by atoms with Crippen LogP contribution in [-0.4, -0.2) is 0 Å². The fourth-order valence-electron chi connectivity index (χ4n) is 0.711. The summed E-state index contributed by atoms with van der Waals surface area (Å²) in [7, 11) is 0. The predicted octanol–water partition coefficient (Wildman–Crippen LogP) is 3.31. The summed E-state index contributed by atoms with van der Waals surface area (Å²) in [5.41, 5.74) is 0. The van der Waals surface area contributed by atoms with E-state index in [1.54, 1.807) is 0 Å². The van der Waals surface area contributed by atoms with Crippen molar-refractivity contribution >= 4 is 0 Å². The molecule has 0 saturated heterocycles. The highest BCUT2D eigenvalue weighted by molar-refractivity contribution is 5.02. The van der Waals surface area contributed by atoms with Crippen LogP contribution in [0.25, 0.3) is 0 Å². The lowest BCUT2D eigenvalue weighted by Gasteiger charge is -1.85. The topological polar surface area (TPSA) is 0 Å². The Bertz CT molecular complexity index is 155. The first-order chi connectivity index (χ1) is 5.41. The second-order valence-corrected chi connectivity index (χ2v) is 2.36. The molecule has 0 aliphatic heterocycles. The molecule has 11 heavy (non-hydrogen) atoms. The minimum atomic E-state index is 0.891. The van der Waals surface area contributed by atoms with Crippen LogP contribution in [0.1, 0.15) is 32.6 Å². The maximum Gasteiger partial charge on any atom is 0.00890 e. The molecule has 0 N–H and O–H groups in total. The van der Waals surface area contributed by atoms with Gasteiger partial charge in [0.25, 0.3) is 0 Å². The van der Waals surface area contributed by atoms with E-state index in [0.717, 1.165) is 25.7 Å². The summed E-state index contributed by atoms with van der Waals surface area (Å²) in [6.07, 6.45) is 17.8. The first-order valence-electron chi connectivity index (χ1n) is 4.17. The Kier molecular flexibility index (Phi) is 8.25. The lowest BCUT2D eigenvalue weighted by atomic mass is 10.2. The molecule has 0 aliphatic rings. The molecule has 0 aromatic rings. The zero-order valence-corrected chi connectivity index (χ0v) is 7.22. The van der Waals surface area contributed by atoms with Gasteiger partial charge in [0.15, 0.2) is 0 Å². The highest BCUT2D eigenvalue weighted by atomic mass is 13.8. The summed E-state index contributed by atoms with van der Waals surface area (Å²) < 4.78 is 0. The summed E-state index contributed by atoms with van der Waals surface area (Å²) >= 11 is 0. The van der Waals surface area contributed by atoms with Crippen molar-refractivity contribution in [1.29, 1.82) is 0 Å². The molecular formula is C11H16. The Morgan fingerprint density at radius 2 is 2.00 bits per heavy atom. The van der Waals surface area contributed by atoms with Gasteiger partial charge in [-0.25, -0.2) is 0 Å². The Balaban J connectivity index is 3.17. The van der Waals surface area contributed by atoms with E-state index in [-0.39, 0.29) is 0 Å². The fraction of sp³-hybridized carbons (Fsp3) is 0.455. The number of allylic oxidation sites excluding steroid dienone is 4. The fourth-order valence-corrected chi connectivity index (χ4v) is 0.711. The molecule has 0 fully saturated rings. The molecule has 0 unspecified atom stereocenters. The predicted molar refractivity (Wildman–Crippen MR) is 51.3 cm³/mol. The molecule has 0 atom stereocenters. The van der Waals surface area contributed by atoms with Crippen LogP contribution >= 0.6 is 0 Å². The summed E-state index contributed by atoms with van der Waals surface area (Å²) in [5, 5.41) is 0. The smallest absolute Gasteiger partial charge is 0.00890 e. The maximum atomic E-state index is 5.10. The monoisotopic (exact) mass is 148 g/mol. The second kappa shape index (κ2) is 9.04. The zero-order chi connectivity index (χ0) is 8.36. The first kappa shape index (κ1) is 10.0. The van der Waals surface area contributed by atoms with Gasteiger partial charge in [-0.2, -0.15) is 0 Å². The highest BCUT2D eigenvalue weighted by Gasteiger charge is 1.76. The van der Waals surface area contributed by atoms with E-state index in [9.17, 15) is 0 Å². The summed E-state index contributed by atoms with van der Waals surface area (Å²) in [6.45, 7) is 2.13. The van der Waals surface area contributed by atoms with E-state index in [1.807, 2.05) is 0 Å². The van der Waals surface area contributed by atoms with Gasteiger partial charge in [0.05, 0.1) is 0 Å². The van der Waals surface area contributed by atoms with E-state index in [2.05, 4.69) is 37.1 Å². The van der Waals surface area contributed by atoms with Crippen LogP contribution in [0.3, 0.4) is 0 Å². The SMILES string of the molecule is C#CCCC/C=C\C=C/CC. The third kappa shape index (κ3) is 9.04. The summed E-state index contributed by atoms with van der Waals surface area (Å²) in [6, 6.07) is 0. The van der Waals surface area contributed by atoms with Crippen molar-refractivity contribution in [1.82, 2.24) is 0 Å². The van der Waals surface area contributed by atoms with Crippen molar-refractivity contribution in [2.24, 2.45) is 0 Å². The van der Waals surface area contributed by atoms with Crippen molar-refractivity contribution in [2.75, 3.05) is 0 Å². The van der Waals surface area contributed by atoms with Crippen LogP contribution in [0.4, 0.5) is 0 Å². The quantitative estimate of drug-likeness (QED) is 0.319. The van der Waals surface area contributed by atoms with Gasteiger partial charge in [0.1, 0.15) is 0 Å². The zero-order valence-electron chi connectivity index (χ0n) is 7.22. The molecule has 0 bridgehead atoms. The van der Waals surface area contributed by atoms with E-state index in [0.29, 0.717) is 0 Å². The summed E-state index contributed by atoms with van der Waals surface area (Å²) in [4.78, 5) is 0. The Hall–Kier alpha value is -0.960. The van der Waals surface area contributed by atoms with Crippen LogP contribution < -0.4 is 0 Å². The number of hydrogen-bond acceptors (Lipinski definition) is 0. The van der Waals surface area contributed by atoms with Gasteiger partial charge in [-0.15, -0.1) is 12.3 Å². The molecule has 0 aromatic heterocycles. The standard InChI is InChI=1S/C11H16/c1-3-5-7-9-11-10-8-6-4-2/h1,6,8,10-11H,4-5,7,9H2,2H3/b8-6-,11-10-. The van der Waals surface area contributed by atoms with E-state index < -0.39 is 0 Å². The molecule has 0 spiro atoms. The van der Waals surface area contributed by atoms with E-state index >= 15 is 0 Å². The van der Waals surface area contributed by atoms with Crippen molar-refractivity contribution in [3.05, 3.63) is 24.3 Å². The van der Waals surface area contributed by atoms with Crippen LogP contribution in [0, 0.1) is 12.3 Å². The number of rotatable bonds is 5. The highest BCUT2D eigenvalue weighted by Crippen LogP contribution is 1.95. The van der Waals surface area contributed by atoms with Crippen LogP contribution in [-0.2, 0) is 0 Å². The molecule has 0 heteroatoms. The Morgan fingerprint density at radius 1 is 1.27 bits per heavy atom. The second-order valence-electron chi connectivity index (χ2n) is 2.36. The molecule has 0 aliphatic carbocycles. The molecule has 0 aromatic carbocycles. The van der Waals surface area contributed by atoms with Crippen molar-refractivity contribution in [2.45, 2.75) is 32.6 Å². The number of unbranched alkanes of at least 4 members (excludes halogenated alkanes) is 2. The lowest BCUT2D eigenvalue weighted by molar-refractivity contribution is 0.886. The Morgan fingerprint density at radius 3 is 2.64 bits per heavy atom. The van der Waals surface area contributed by atoms with Crippen LogP contribution in [0.2, 0.25) is 0 Å². The van der Waals surface area contributed by atoms with Gasteiger partial charge in [0, 0.05) is 6.42 Å². The molecule has 0 saturated carbocycles. The first-order valence-corrected chi connectivity index (χ1v) is 4.17. The van der Waals surface area contributed by atoms with Crippen molar-refractivity contribution in [3.8, 4) is 12.3 Å². The Labute approximate surface area is 70.0 Å². The normalized spacial score (nSPS) is 10.9. The van der Waals surface area contributed by atoms with E-state index in [4.69, 9.17) is 6.42 Å². The van der Waals surface area contributed by atoms with Crippen LogP contribution in [0.15, 0.2) is 24.3 Å². The average Bonchev–Trinajstić information content (AvgIpc) is 2.03. The van der Waals surface area contributed by atoms with Crippen LogP contribution in [0.5, 0.6) is 0 Å². The third-order valence-electron chi connectivity index (χ3n) is 1.31.